The lowest BCUT2D eigenvalue weighted by molar-refractivity contribution is -0.139. The van der Waals surface area contributed by atoms with Gasteiger partial charge in [-0.3, -0.25) is 0 Å². The molecule has 0 spiro atoms. The zero-order valence-electron chi connectivity index (χ0n) is 11.7. The van der Waals surface area contributed by atoms with Crippen LogP contribution in [-0.2, 0) is 14.6 Å². The molecule has 0 radical (unpaired) electrons. The van der Waals surface area contributed by atoms with E-state index in [0.29, 0.717) is 6.42 Å². The van der Waals surface area contributed by atoms with E-state index in [2.05, 4.69) is 5.32 Å². The van der Waals surface area contributed by atoms with Crippen LogP contribution < -0.4 is 5.32 Å². The second-order valence-electron chi connectivity index (χ2n) is 5.02. The minimum absolute atomic E-state index is 0.0265. The minimum atomic E-state index is -3.15. The smallest absolute Gasteiger partial charge is 0.326 e. The molecule has 0 aromatic rings. The third-order valence-electron chi connectivity index (χ3n) is 2.45. The number of carbonyl (C=O) groups excluding carboxylic acids is 1. The summed E-state index contributed by atoms with van der Waals surface area (Å²) in [5.74, 6) is -1.12. The van der Waals surface area contributed by atoms with Crippen LogP contribution in [0.25, 0.3) is 0 Å². The zero-order chi connectivity index (χ0) is 15.2. The van der Waals surface area contributed by atoms with E-state index in [1.54, 1.807) is 0 Å². The lowest BCUT2D eigenvalue weighted by Gasteiger charge is -2.22. The molecule has 0 heterocycles. The van der Waals surface area contributed by atoms with E-state index in [-0.39, 0.29) is 18.2 Å². The Hall–Kier alpha value is -1.31. The normalized spacial score (nSPS) is 13.1. The van der Waals surface area contributed by atoms with Crippen molar-refractivity contribution in [3.05, 3.63) is 0 Å². The van der Waals surface area contributed by atoms with Crippen molar-refractivity contribution in [2.24, 2.45) is 5.92 Å². The molecule has 1 unspecified atom stereocenters. The molecule has 0 bridgehead atoms. The number of hydrogen-bond acceptors (Lipinski definition) is 4. The molecular weight excluding hydrogens is 272 g/mol. The van der Waals surface area contributed by atoms with Crippen molar-refractivity contribution in [3.63, 3.8) is 0 Å². The number of aliphatic carboxylic acids is 1. The molecule has 2 amide bonds. The molecule has 0 aliphatic carbocycles. The van der Waals surface area contributed by atoms with E-state index in [9.17, 15) is 18.0 Å². The Balaban J connectivity index is 4.43. The Morgan fingerprint density at radius 2 is 1.84 bits per heavy atom. The van der Waals surface area contributed by atoms with E-state index in [1.807, 2.05) is 13.8 Å². The first-order valence-electron chi connectivity index (χ1n) is 5.95. The van der Waals surface area contributed by atoms with Crippen molar-refractivity contribution >= 4 is 21.8 Å². The van der Waals surface area contributed by atoms with E-state index >= 15 is 0 Å². The maximum Gasteiger partial charge on any atom is 0.326 e. The predicted molar refractivity (Wildman–Crippen MR) is 71.8 cm³/mol. The van der Waals surface area contributed by atoms with Crippen LogP contribution >= 0.6 is 0 Å². The maximum atomic E-state index is 11.7. The third kappa shape index (κ3) is 8.41. The highest BCUT2D eigenvalue weighted by Crippen LogP contribution is 2.05. The van der Waals surface area contributed by atoms with Crippen molar-refractivity contribution < 1.29 is 23.1 Å². The van der Waals surface area contributed by atoms with E-state index in [1.165, 1.54) is 7.05 Å². The summed E-state index contributed by atoms with van der Waals surface area (Å²) in [5.41, 5.74) is 0. The fourth-order valence-electron chi connectivity index (χ4n) is 1.36. The van der Waals surface area contributed by atoms with Gasteiger partial charge < -0.3 is 15.3 Å². The van der Waals surface area contributed by atoms with E-state index in [0.717, 1.165) is 11.2 Å². The fourth-order valence-corrected chi connectivity index (χ4v) is 1.96. The van der Waals surface area contributed by atoms with Crippen LogP contribution in [0.3, 0.4) is 0 Å². The minimum Gasteiger partial charge on any atom is -0.480 e. The Bertz CT molecular complexity index is 419. The molecule has 0 aromatic carbocycles. The molecule has 0 saturated heterocycles. The summed E-state index contributed by atoms with van der Waals surface area (Å²) in [5, 5.41) is 11.4. The summed E-state index contributed by atoms with van der Waals surface area (Å²) in [7, 11) is -1.73. The van der Waals surface area contributed by atoms with Crippen molar-refractivity contribution in [1.29, 1.82) is 0 Å². The van der Waals surface area contributed by atoms with Crippen LogP contribution in [0, 0.1) is 5.92 Å². The highest BCUT2D eigenvalue weighted by molar-refractivity contribution is 7.90. The first kappa shape index (κ1) is 17.7. The first-order chi connectivity index (χ1) is 8.53. The van der Waals surface area contributed by atoms with E-state index in [4.69, 9.17) is 5.11 Å². The maximum absolute atomic E-state index is 11.7. The summed E-state index contributed by atoms with van der Waals surface area (Å²) in [6.07, 6.45) is 1.40. The topological polar surface area (TPSA) is 104 Å². The number of urea groups is 1. The molecule has 112 valence electrons. The molecule has 8 heteroatoms. The van der Waals surface area contributed by atoms with Gasteiger partial charge in [0.2, 0.25) is 0 Å². The zero-order valence-corrected chi connectivity index (χ0v) is 12.5. The van der Waals surface area contributed by atoms with Gasteiger partial charge in [-0.15, -0.1) is 0 Å². The van der Waals surface area contributed by atoms with Crippen LogP contribution in [0.4, 0.5) is 4.79 Å². The number of hydrogen-bond donors (Lipinski definition) is 2. The standard InChI is InChI=1S/C11H22N2O5S/c1-8(2)7-9(10(14)15)12-11(16)13(3)5-6-19(4,17)18/h8-9H,5-7H2,1-4H3,(H,12,16)(H,14,15). The third-order valence-corrected chi connectivity index (χ3v) is 3.37. The fraction of sp³-hybridized carbons (Fsp3) is 0.818. The summed E-state index contributed by atoms with van der Waals surface area (Å²) in [6, 6.07) is -1.55. The lowest BCUT2D eigenvalue weighted by atomic mass is 10.0. The summed E-state index contributed by atoms with van der Waals surface area (Å²) < 4.78 is 22.0. The Morgan fingerprint density at radius 1 is 1.32 bits per heavy atom. The van der Waals surface area contributed by atoms with Gasteiger partial charge in [0, 0.05) is 19.8 Å². The van der Waals surface area contributed by atoms with Gasteiger partial charge in [-0.05, 0) is 12.3 Å². The van der Waals surface area contributed by atoms with Crippen molar-refractivity contribution in [1.82, 2.24) is 10.2 Å². The van der Waals surface area contributed by atoms with Gasteiger partial charge in [-0.1, -0.05) is 13.8 Å². The second kappa shape index (κ2) is 7.32. The summed E-state index contributed by atoms with van der Waals surface area (Å²) in [6.45, 7) is 3.74. The molecule has 0 rings (SSSR count). The number of carboxylic acid groups (broad SMARTS) is 1. The molecule has 1 atom stereocenters. The molecule has 0 fully saturated rings. The van der Waals surface area contributed by atoms with Crippen LogP contribution in [0.15, 0.2) is 0 Å². The van der Waals surface area contributed by atoms with Crippen LogP contribution in [0.1, 0.15) is 20.3 Å². The van der Waals surface area contributed by atoms with Crippen LogP contribution in [0.2, 0.25) is 0 Å². The first-order valence-corrected chi connectivity index (χ1v) is 8.01. The van der Waals surface area contributed by atoms with Gasteiger partial charge >= 0.3 is 12.0 Å². The molecule has 0 aliphatic rings. The van der Waals surface area contributed by atoms with Gasteiger partial charge in [-0.2, -0.15) is 0 Å². The van der Waals surface area contributed by atoms with Crippen LogP contribution in [0.5, 0.6) is 0 Å². The molecular formula is C11H22N2O5S. The summed E-state index contributed by atoms with van der Waals surface area (Å²) in [4.78, 5) is 23.9. The number of amides is 2. The van der Waals surface area contributed by atoms with Gasteiger partial charge in [0.05, 0.1) is 5.75 Å². The Labute approximate surface area is 113 Å². The number of carbonyl (C=O) groups is 2. The predicted octanol–water partition coefficient (Wildman–Crippen LogP) is 0.172. The van der Waals surface area contributed by atoms with E-state index < -0.39 is 27.9 Å². The van der Waals surface area contributed by atoms with Crippen molar-refractivity contribution in [2.45, 2.75) is 26.3 Å². The average Bonchev–Trinajstić information content (AvgIpc) is 2.22. The number of nitrogens with zero attached hydrogens (tertiary/aromatic N) is 1. The largest absolute Gasteiger partial charge is 0.480 e. The monoisotopic (exact) mass is 294 g/mol. The Kier molecular flexibility index (Phi) is 6.82. The van der Waals surface area contributed by atoms with Crippen molar-refractivity contribution in [2.75, 3.05) is 25.6 Å². The van der Waals surface area contributed by atoms with Gasteiger partial charge in [-0.25, -0.2) is 18.0 Å². The second-order valence-corrected chi connectivity index (χ2v) is 7.28. The molecule has 19 heavy (non-hydrogen) atoms. The van der Waals surface area contributed by atoms with Gasteiger partial charge in [0.1, 0.15) is 15.9 Å². The van der Waals surface area contributed by atoms with Gasteiger partial charge in [0.25, 0.3) is 0 Å². The van der Waals surface area contributed by atoms with Crippen molar-refractivity contribution in [3.8, 4) is 0 Å². The quantitative estimate of drug-likeness (QED) is 0.696. The number of carboxylic acids is 1. The molecule has 0 aliphatic heterocycles. The average molecular weight is 294 g/mol. The lowest BCUT2D eigenvalue weighted by Crippen LogP contribution is -2.48. The number of rotatable bonds is 7. The van der Waals surface area contributed by atoms with Gasteiger partial charge in [0.15, 0.2) is 0 Å². The number of nitrogens with one attached hydrogen (secondary N) is 1. The summed E-state index contributed by atoms with van der Waals surface area (Å²) >= 11 is 0. The Morgan fingerprint density at radius 3 is 2.21 bits per heavy atom. The van der Waals surface area contributed by atoms with Crippen LogP contribution in [-0.4, -0.2) is 62.1 Å². The highest BCUT2D eigenvalue weighted by Gasteiger charge is 2.22. The molecule has 0 saturated carbocycles. The molecule has 2 N–H and O–H groups in total. The number of sulfone groups is 1. The molecule has 7 nitrogen and oxygen atoms in total. The highest BCUT2D eigenvalue weighted by atomic mass is 32.2. The SMILES string of the molecule is CC(C)CC(NC(=O)N(C)CCS(C)(=O)=O)C(=O)O. The molecule has 0 aromatic heterocycles.